The highest BCUT2D eigenvalue weighted by atomic mass is 35.5. The average Bonchev–Trinajstić information content (AvgIpc) is 2.61. The molecule has 7 heteroatoms. The Balaban J connectivity index is 2.14. The van der Waals surface area contributed by atoms with Crippen LogP contribution in [0.2, 0.25) is 5.02 Å². The Morgan fingerprint density at radius 3 is 2.54 bits per heavy atom. The number of hydrogen-bond donors (Lipinski definition) is 1. The third kappa shape index (κ3) is 4.45. The number of pyridine rings is 1. The Kier molecular flexibility index (Phi) is 6.14. The van der Waals surface area contributed by atoms with Crippen molar-refractivity contribution in [2.24, 2.45) is 0 Å². The second kappa shape index (κ2) is 8.31. The zero-order chi connectivity index (χ0) is 17.5. The second-order valence-electron chi connectivity index (χ2n) is 4.94. The van der Waals surface area contributed by atoms with Crippen molar-refractivity contribution in [1.82, 2.24) is 10.3 Å². The molecule has 0 aliphatic heterocycles. The summed E-state index contributed by atoms with van der Waals surface area (Å²) in [4.78, 5) is 28.4. The summed E-state index contributed by atoms with van der Waals surface area (Å²) in [6.45, 7) is 0. The number of benzene rings is 1. The van der Waals surface area contributed by atoms with E-state index < -0.39 is 17.9 Å². The molecule has 0 aliphatic carbocycles. The first-order valence-electron chi connectivity index (χ1n) is 7.17. The smallest absolute Gasteiger partial charge is 0.328 e. The fourth-order valence-corrected chi connectivity index (χ4v) is 2.33. The summed E-state index contributed by atoms with van der Waals surface area (Å²) in [5.41, 5.74) is 1.05. The quantitative estimate of drug-likeness (QED) is 0.810. The van der Waals surface area contributed by atoms with Crippen LogP contribution in [0.1, 0.15) is 15.9 Å². The highest BCUT2D eigenvalue weighted by Gasteiger charge is 2.23. The normalized spacial score (nSPS) is 11.5. The fraction of sp³-hybridized carbons (Fsp3) is 0.235. The minimum atomic E-state index is -0.853. The van der Waals surface area contributed by atoms with Crippen molar-refractivity contribution >= 4 is 23.5 Å². The third-order valence-electron chi connectivity index (χ3n) is 3.36. The van der Waals surface area contributed by atoms with E-state index in [1.807, 2.05) is 0 Å². The molecular formula is C17H17ClN2O4. The Bertz CT molecular complexity index is 719. The largest absolute Gasteiger partial charge is 0.481 e. The number of esters is 1. The van der Waals surface area contributed by atoms with Crippen LogP contribution < -0.4 is 10.1 Å². The number of carbonyl (C=O) groups is 2. The zero-order valence-electron chi connectivity index (χ0n) is 13.3. The molecule has 0 radical (unpaired) electrons. The first-order valence-corrected chi connectivity index (χ1v) is 7.55. The molecule has 0 saturated carbocycles. The SMILES string of the molecule is COC(=O)[C@H](Cc1ccc(OC)nc1)NC(=O)c1ccccc1Cl. The molecule has 0 aliphatic rings. The number of halogens is 1. The summed E-state index contributed by atoms with van der Waals surface area (Å²) >= 11 is 6.01. The van der Waals surface area contributed by atoms with Gasteiger partial charge in [-0.15, -0.1) is 0 Å². The topological polar surface area (TPSA) is 77.5 Å². The summed E-state index contributed by atoms with van der Waals surface area (Å²) in [5, 5.41) is 2.95. The Morgan fingerprint density at radius 1 is 1.21 bits per heavy atom. The molecular weight excluding hydrogens is 332 g/mol. The standard InChI is InChI=1S/C17H17ClN2O4/c1-23-15-8-7-11(10-19-15)9-14(17(22)24-2)20-16(21)12-5-3-4-6-13(12)18/h3-8,10,14H,9H2,1-2H3,(H,20,21)/t14-/m0/s1. The predicted molar refractivity (Wildman–Crippen MR) is 89.2 cm³/mol. The second-order valence-corrected chi connectivity index (χ2v) is 5.35. The molecule has 0 spiro atoms. The van der Waals surface area contributed by atoms with Gasteiger partial charge in [0.15, 0.2) is 0 Å². The number of carbonyl (C=O) groups excluding carboxylic acids is 2. The van der Waals surface area contributed by atoms with Gasteiger partial charge in [0.2, 0.25) is 5.88 Å². The Morgan fingerprint density at radius 2 is 1.96 bits per heavy atom. The van der Waals surface area contributed by atoms with E-state index in [-0.39, 0.29) is 6.42 Å². The van der Waals surface area contributed by atoms with Crippen LogP contribution in [0.25, 0.3) is 0 Å². The van der Waals surface area contributed by atoms with Crippen molar-refractivity contribution in [1.29, 1.82) is 0 Å². The maximum Gasteiger partial charge on any atom is 0.328 e. The lowest BCUT2D eigenvalue weighted by atomic mass is 10.1. The van der Waals surface area contributed by atoms with Gasteiger partial charge < -0.3 is 14.8 Å². The number of nitrogens with one attached hydrogen (secondary N) is 1. The van der Waals surface area contributed by atoms with Crippen LogP contribution in [0.15, 0.2) is 42.6 Å². The maximum absolute atomic E-state index is 12.3. The number of nitrogens with zero attached hydrogens (tertiary/aromatic N) is 1. The van der Waals surface area contributed by atoms with E-state index in [2.05, 4.69) is 10.3 Å². The summed E-state index contributed by atoms with van der Waals surface area (Å²) in [6.07, 6.45) is 1.82. The molecule has 1 aromatic heterocycles. The molecule has 0 unspecified atom stereocenters. The number of amides is 1. The number of hydrogen-bond acceptors (Lipinski definition) is 5. The Hall–Kier alpha value is -2.60. The molecule has 0 saturated heterocycles. The van der Waals surface area contributed by atoms with Crippen molar-refractivity contribution in [2.75, 3.05) is 14.2 Å². The molecule has 24 heavy (non-hydrogen) atoms. The summed E-state index contributed by atoms with van der Waals surface area (Å²) in [6, 6.07) is 9.20. The van der Waals surface area contributed by atoms with E-state index in [4.69, 9.17) is 21.1 Å². The molecule has 0 fully saturated rings. The summed E-state index contributed by atoms with van der Waals surface area (Å²) in [5.74, 6) is -0.530. The van der Waals surface area contributed by atoms with Crippen molar-refractivity contribution in [3.8, 4) is 5.88 Å². The molecule has 1 atom stereocenters. The Labute approximate surface area is 144 Å². The minimum absolute atomic E-state index is 0.236. The number of methoxy groups -OCH3 is 2. The van der Waals surface area contributed by atoms with Gasteiger partial charge in [-0.05, 0) is 17.7 Å². The van der Waals surface area contributed by atoms with Crippen LogP contribution in [0, 0.1) is 0 Å². The molecule has 2 aromatic rings. The lowest BCUT2D eigenvalue weighted by molar-refractivity contribution is -0.142. The van der Waals surface area contributed by atoms with Crippen LogP contribution in [-0.4, -0.2) is 37.1 Å². The van der Waals surface area contributed by atoms with Crippen LogP contribution in [-0.2, 0) is 16.0 Å². The van der Waals surface area contributed by atoms with Crippen molar-refractivity contribution < 1.29 is 19.1 Å². The van der Waals surface area contributed by atoms with Crippen molar-refractivity contribution in [3.05, 3.63) is 58.7 Å². The number of ether oxygens (including phenoxy) is 2. The van der Waals surface area contributed by atoms with Gasteiger partial charge in [0.05, 0.1) is 24.8 Å². The van der Waals surface area contributed by atoms with Crippen LogP contribution in [0.4, 0.5) is 0 Å². The van der Waals surface area contributed by atoms with Gasteiger partial charge in [-0.2, -0.15) is 0 Å². The third-order valence-corrected chi connectivity index (χ3v) is 3.69. The summed E-state index contributed by atoms with van der Waals surface area (Å²) in [7, 11) is 2.78. The highest BCUT2D eigenvalue weighted by Crippen LogP contribution is 2.15. The van der Waals surface area contributed by atoms with E-state index in [9.17, 15) is 9.59 Å². The van der Waals surface area contributed by atoms with Crippen LogP contribution in [0.3, 0.4) is 0 Å². The van der Waals surface area contributed by atoms with Gasteiger partial charge in [-0.1, -0.05) is 29.8 Å². The molecule has 1 amide bonds. The monoisotopic (exact) mass is 348 g/mol. The zero-order valence-corrected chi connectivity index (χ0v) is 14.0. The van der Waals surface area contributed by atoms with Crippen LogP contribution in [0.5, 0.6) is 5.88 Å². The van der Waals surface area contributed by atoms with Crippen molar-refractivity contribution in [2.45, 2.75) is 12.5 Å². The number of aromatic nitrogens is 1. The minimum Gasteiger partial charge on any atom is -0.481 e. The van der Waals surface area contributed by atoms with E-state index in [0.29, 0.717) is 16.5 Å². The predicted octanol–water partition coefficient (Wildman–Crippen LogP) is 2.26. The van der Waals surface area contributed by atoms with Gasteiger partial charge in [0.1, 0.15) is 6.04 Å². The van der Waals surface area contributed by atoms with Gasteiger partial charge >= 0.3 is 5.97 Å². The summed E-state index contributed by atoms with van der Waals surface area (Å²) < 4.78 is 9.76. The van der Waals surface area contributed by atoms with E-state index in [1.165, 1.54) is 14.2 Å². The molecule has 0 bridgehead atoms. The average molecular weight is 349 g/mol. The number of rotatable bonds is 6. The van der Waals surface area contributed by atoms with Gasteiger partial charge in [-0.25, -0.2) is 9.78 Å². The van der Waals surface area contributed by atoms with Gasteiger partial charge in [0.25, 0.3) is 5.91 Å². The van der Waals surface area contributed by atoms with Crippen molar-refractivity contribution in [3.63, 3.8) is 0 Å². The molecule has 1 aromatic carbocycles. The lowest BCUT2D eigenvalue weighted by Gasteiger charge is -2.17. The first-order chi connectivity index (χ1) is 11.5. The lowest BCUT2D eigenvalue weighted by Crippen LogP contribution is -2.43. The molecule has 6 nitrogen and oxygen atoms in total. The molecule has 1 N–H and O–H groups in total. The van der Waals surface area contributed by atoms with E-state index in [0.717, 1.165) is 5.56 Å². The first kappa shape index (κ1) is 17.7. The van der Waals surface area contributed by atoms with E-state index >= 15 is 0 Å². The maximum atomic E-state index is 12.3. The fourth-order valence-electron chi connectivity index (χ4n) is 2.11. The molecule has 1 heterocycles. The molecule has 2 rings (SSSR count). The van der Waals surface area contributed by atoms with Gasteiger partial charge in [0, 0.05) is 18.7 Å². The van der Waals surface area contributed by atoms with Gasteiger partial charge in [-0.3, -0.25) is 4.79 Å². The highest BCUT2D eigenvalue weighted by molar-refractivity contribution is 6.33. The molecule has 126 valence electrons. The van der Waals surface area contributed by atoms with Crippen LogP contribution >= 0.6 is 11.6 Å². The van der Waals surface area contributed by atoms with E-state index in [1.54, 1.807) is 42.6 Å².